The van der Waals surface area contributed by atoms with Crippen LogP contribution in [0.25, 0.3) is 10.8 Å². The summed E-state index contributed by atoms with van der Waals surface area (Å²) in [6.07, 6.45) is 1.84. The van der Waals surface area contributed by atoms with Crippen molar-refractivity contribution in [3.05, 3.63) is 71.8 Å². The lowest BCUT2D eigenvalue weighted by Crippen LogP contribution is -2.20. The Morgan fingerprint density at radius 1 is 0.917 bits per heavy atom. The zero-order valence-electron chi connectivity index (χ0n) is 13.9. The summed E-state index contributed by atoms with van der Waals surface area (Å²) in [4.78, 5) is 0. The highest BCUT2D eigenvalue weighted by Gasteiger charge is 2.08. The number of benzene rings is 3. The van der Waals surface area contributed by atoms with Crippen LogP contribution in [0, 0.1) is 0 Å². The van der Waals surface area contributed by atoms with E-state index in [0.717, 1.165) is 24.9 Å². The van der Waals surface area contributed by atoms with Crippen LogP contribution in [0.5, 0.6) is 11.5 Å². The Kier molecular flexibility index (Phi) is 5.02. The summed E-state index contributed by atoms with van der Waals surface area (Å²) in [7, 11) is 0. The van der Waals surface area contributed by atoms with Gasteiger partial charge >= 0.3 is 0 Å². The number of phenols is 2. The molecule has 3 aromatic rings. The van der Waals surface area contributed by atoms with E-state index in [4.69, 9.17) is 0 Å². The van der Waals surface area contributed by atoms with E-state index >= 15 is 0 Å². The van der Waals surface area contributed by atoms with Gasteiger partial charge in [0.05, 0.1) is 0 Å². The summed E-state index contributed by atoms with van der Waals surface area (Å²) < 4.78 is 0. The monoisotopic (exact) mass is 321 g/mol. The maximum Gasteiger partial charge on any atom is 0.157 e. The van der Waals surface area contributed by atoms with E-state index in [2.05, 4.69) is 54.7 Å². The van der Waals surface area contributed by atoms with Crippen molar-refractivity contribution in [3.63, 3.8) is 0 Å². The van der Waals surface area contributed by atoms with Crippen molar-refractivity contribution in [2.45, 2.75) is 25.8 Å². The number of phenolic OH excluding ortho intramolecular Hbond substituents is 2. The third-order valence-electron chi connectivity index (χ3n) is 4.42. The van der Waals surface area contributed by atoms with Crippen LogP contribution in [0.1, 0.15) is 30.5 Å². The molecular weight excluding hydrogens is 298 g/mol. The molecule has 0 bridgehead atoms. The molecule has 0 aliphatic carbocycles. The third-order valence-corrected chi connectivity index (χ3v) is 4.42. The standard InChI is InChI=1S/C21H23NO2/c1-15(18-10-4-8-17-7-2-3-9-19(17)18)22-13-5-6-16-11-12-20(23)21(24)14-16/h2-4,7-12,14-15,22-24H,5-6,13H2,1H3/t15-/m0/s1. The fourth-order valence-electron chi connectivity index (χ4n) is 3.07. The van der Waals surface area contributed by atoms with Crippen molar-refractivity contribution in [3.8, 4) is 11.5 Å². The second kappa shape index (κ2) is 7.37. The van der Waals surface area contributed by atoms with Gasteiger partial charge < -0.3 is 15.5 Å². The first-order valence-electron chi connectivity index (χ1n) is 8.37. The van der Waals surface area contributed by atoms with E-state index < -0.39 is 0 Å². The van der Waals surface area contributed by atoms with Gasteiger partial charge in [0.25, 0.3) is 0 Å². The number of aromatic hydroxyl groups is 2. The van der Waals surface area contributed by atoms with Crippen LogP contribution in [-0.4, -0.2) is 16.8 Å². The van der Waals surface area contributed by atoms with Gasteiger partial charge in [0.2, 0.25) is 0 Å². The molecule has 0 saturated heterocycles. The summed E-state index contributed by atoms with van der Waals surface area (Å²) in [5.41, 5.74) is 2.35. The molecule has 0 amide bonds. The minimum Gasteiger partial charge on any atom is -0.504 e. The Labute approximate surface area is 142 Å². The molecule has 3 aromatic carbocycles. The average Bonchev–Trinajstić information content (AvgIpc) is 2.61. The smallest absolute Gasteiger partial charge is 0.157 e. The fraction of sp³-hybridized carbons (Fsp3) is 0.238. The van der Waals surface area contributed by atoms with Crippen LogP contribution < -0.4 is 5.32 Å². The Morgan fingerprint density at radius 2 is 1.71 bits per heavy atom. The molecule has 0 saturated carbocycles. The van der Waals surface area contributed by atoms with Gasteiger partial charge in [-0.1, -0.05) is 48.5 Å². The van der Waals surface area contributed by atoms with Gasteiger partial charge in [-0.25, -0.2) is 0 Å². The number of hydrogen-bond donors (Lipinski definition) is 3. The largest absolute Gasteiger partial charge is 0.504 e. The molecule has 0 aromatic heterocycles. The van der Waals surface area contributed by atoms with E-state index in [0.29, 0.717) is 0 Å². The zero-order valence-corrected chi connectivity index (χ0v) is 13.9. The molecule has 0 unspecified atom stereocenters. The summed E-state index contributed by atoms with van der Waals surface area (Å²) >= 11 is 0. The highest BCUT2D eigenvalue weighted by atomic mass is 16.3. The topological polar surface area (TPSA) is 52.5 Å². The molecule has 0 heterocycles. The predicted octanol–water partition coefficient (Wildman–Crippen LogP) is 4.53. The second-order valence-corrected chi connectivity index (χ2v) is 6.17. The minimum absolute atomic E-state index is 0.0513. The van der Waals surface area contributed by atoms with E-state index in [-0.39, 0.29) is 17.5 Å². The average molecular weight is 321 g/mol. The Hall–Kier alpha value is -2.52. The third kappa shape index (κ3) is 3.69. The number of fused-ring (bicyclic) bond motifs is 1. The summed E-state index contributed by atoms with van der Waals surface area (Å²) in [5.74, 6) is -0.119. The van der Waals surface area contributed by atoms with E-state index in [1.807, 2.05) is 6.07 Å². The van der Waals surface area contributed by atoms with Crippen molar-refractivity contribution in [2.24, 2.45) is 0 Å². The van der Waals surface area contributed by atoms with Crippen LogP contribution in [0.2, 0.25) is 0 Å². The lowest BCUT2D eigenvalue weighted by Gasteiger charge is -2.16. The van der Waals surface area contributed by atoms with Crippen LogP contribution >= 0.6 is 0 Å². The molecule has 0 fully saturated rings. The van der Waals surface area contributed by atoms with Crippen LogP contribution in [0.3, 0.4) is 0 Å². The molecule has 3 N–H and O–H groups in total. The lowest BCUT2D eigenvalue weighted by atomic mass is 9.99. The zero-order chi connectivity index (χ0) is 16.9. The summed E-state index contributed by atoms with van der Waals surface area (Å²) in [6, 6.07) is 20.2. The SMILES string of the molecule is C[C@H](NCCCc1ccc(O)c(O)c1)c1cccc2ccccc12. The minimum atomic E-state index is -0.0681. The lowest BCUT2D eigenvalue weighted by molar-refractivity contribution is 0.403. The molecule has 0 spiro atoms. The molecule has 1 atom stereocenters. The van der Waals surface area contributed by atoms with Gasteiger partial charge in [-0.05, 0) is 60.3 Å². The normalized spacial score (nSPS) is 12.4. The van der Waals surface area contributed by atoms with Crippen molar-refractivity contribution in [2.75, 3.05) is 6.54 Å². The molecule has 3 heteroatoms. The van der Waals surface area contributed by atoms with Crippen molar-refractivity contribution >= 4 is 10.8 Å². The number of aryl methyl sites for hydroxylation is 1. The first kappa shape index (κ1) is 16.3. The highest BCUT2D eigenvalue weighted by Crippen LogP contribution is 2.26. The quantitative estimate of drug-likeness (QED) is 0.462. The van der Waals surface area contributed by atoms with E-state index in [1.54, 1.807) is 6.07 Å². The van der Waals surface area contributed by atoms with Crippen molar-refractivity contribution in [1.29, 1.82) is 0 Å². The van der Waals surface area contributed by atoms with Gasteiger partial charge in [0.15, 0.2) is 11.5 Å². The van der Waals surface area contributed by atoms with Crippen LogP contribution in [0.4, 0.5) is 0 Å². The Balaban J connectivity index is 1.57. The van der Waals surface area contributed by atoms with Crippen LogP contribution in [0.15, 0.2) is 60.7 Å². The molecular formula is C21H23NO2. The molecule has 3 nitrogen and oxygen atoms in total. The molecule has 0 radical (unpaired) electrons. The van der Waals surface area contributed by atoms with Gasteiger partial charge in [0, 0.05) is 6.04 Å². The molecule has 124 valence electrons. The van der Waals surface area contributed by atoms with Gasteiger partial charge in [-0.15, -0.1) is 0 Å². The fourth-order valence-corrected chi connectivity index (χ4v) is 3.07. The molecule has 0 aliphatic heterocycles. The van der Waals surface area contributed by atoms with Crippen molar-refractivity contribution < 1.29 is 10.2 Å². The molecule has 0 aliphatic rings. The van der Waals surface area contributed by atoms with Crippen molar-refractivity contribution in [1.82, 2.24) is 5.32 Å². The maximum absolute atomic E-state index is 9.53. The number of nitrogens with one attached hydrogen (secondary N) is 1. The number of hydrogen-bond acceptors (Lipinski definition) is 3. The summed E-state index contributed by atoms with van der Waals surface area (Å²) in [5, 5.41) is 25.0. The van der Waals surface area contributed by atoms with E-state index in [9.17, 15) is 10.2 Å². The predicted molar refractivity (Wildman–Crippen MR) is 98.5 cm³/mol. The second-order valence-electron chi connectivity index (χ2n) is 6.17. The van der Waals surface area contributed by atoms with E-state index in [1.165, 1.54) is 22.4 Å². The first-order valence-corrected chi connectivity index (χ1v) is 8.37. The van der Waals surface area contributed by atoms with Gasteiger partial charge in [-0.2, -0.15) is 0 Å². The Morgan fingerprint density at radius 3 is 2.54 bits per heavy atom. The number of rotatable bonds is 6. The van der Waals surface area contributed by atoms with Gasteiger partial charge in [0.1, 0.15) is 0 Å². The molecule has 24 heavy (non-hydrogen) atoms. The van der Waals surface area contributed by atoms with Gasteiger partial charge in [-0.3, -0.25) is 0 Å². The van der Waals surface area contributed by atoms with Crippen LogP contribution in [-0.2, 0) is 6.42 Å². The highest BCUT2D eigenvalue weighted by molar-refractivity contribution is 5.86. The summed E-state index contributed by atoms with van der Waals surface area (Å²) in [6.45, 7) is 3.08. The maximum atomic E-state index is 9.53. The molecule has 3 rings (SSSR count). The Bertz CT molecular complexity index is 824. The first-order chi connectivity index (χ1) is 11.6.